The quantitative estimate of drug-likeness (QED) is 0.694. The Morgan fingerprint density at radius 3 is 2.93 bits per heavy atom. The van der Waals surface area contributed by atoms with E-state index in [0.29, 0.717) is 23.9 Å². The molecule has 6 heteroatoms. The Balaban J connectivity index is 1.32. The second-order valence-corrected chi connectivity index (χ2v) is 7.79. The van der Waals surface area contributed by atoms with Gasteiger partial charge in [-0.25, -0.2) is 0 Å². The first-order valence-corrected chi connectivity index (χ1v) is 9.90. The van der Waals surface area contributed by atoms with Crippen LogP contribution in [0.5, 0.6) is 0 Å². The van der Waals surface area contributed by atoms with Crippen molar-refractivity contribution in [3.63, 3.8) is 0 Å². The topological polar surface area (TPSA) is 60.0 Å². The zero-order valence-corrected chi connectivity index (χ0v) is 15.7. The molecule has 5 rings (SSSR count). The van der Waals surface area contributed by atoms with E-state index in [2.05, 4.69) is 45.5 Å². The van der Waals surface area contributed by atoms with Crippen molar-refractivity contribution in [1.82, 2.24) is 24.8 Å². The summed E-state index contributed by atoms with van der Waals surface area (Å²) < 4.78 is 7.50. The summed E-state index contributed by atoms with van der Waals surface area (Å²) in [6, 6.07) is 11.9. The van der Waals surface area contributed by atoms with E-state index < -0.39 is 0 Å². The molecule has 2 aromatic heterocycles. The minimum atomic E-state index is 0.363. The summed E-state index contributed by atoms with van der Waals surface area (Å²) in [5.74, 6) is 1.96. The van der Waals surface area contributed by atoms with E-state index in [9.17, 15) is 0 Å². The normalized spacial score (nSPS) is 25.1. The summed E-state index contributed by atoms with van der Waals surface area (Å²) in [5, 5.41) is 8.68. The van der Waals surface area contributed by atoms with Crippen molar-refractivity contribution in [2.24, 2.45) is 0 Å². The summed E-state index contributed by atoms with van der Waals surface area (Å²) in [4.78, 5) is 7.41. The largest absolute Gasteiger partial charge is 0.339 e. The lowest BCUT2D eigenvalue weighted by atomic mass is 9.94. The summed E-state index contributed by atoms with van der Waals surface area (Å²) in [5.41, 5.74) is 2.57. The zero-order chi connectivity index (χ0) is 18.2. The molecule has 2 saturated heterocycles. The van der Waals surface area contributed by atoms with E-state index in [-0.39, 0.29) is 0 Å². The van der Waals surface area contributed by atoms with Crippen molar-refractivity contribution in [1.29, 1.82) is 0 Å². The third-order valence-corrected chi connectivity index (χ3v) is 6.00. The lowest BCUT2D eigenvalue weighted by Crippen LogP contribution is -2.27. The average Bonchev–Trinajstić information content (AvgIpc) is 3.45. The van der Waals surface area contributed by atoms with Crippen LogP contribution in [-0.2, 0) is 13.0 Å². The minimum absolute atomic E-state index is 0.363. The maximum atomic E-state index is 5.57. The fraction of sp³-hybridized carbons (Fsp3) is 0.476. The number of hydrogen-bond acceptors (Lipinski definition) is 5. The lowest BCUT2D eigenvalue weighted by Gasteiger charge is -2.24. The molecule has 2 aliphatic rings. The summed E-state index contributed by atoms with van der Waals surface area (Å²) in [6.45, 7) is 3.98. The highest BCUT2D eigenvalue weighted by Gasteiger charge is 2.46. The van der Waals surface area contributed by atoms with Crippen LogP contribution >= 0.6 is 0 Å². The second-order valence-electron chi connectivity index (χ2n) is 7.79. The number of aromatic nitrogens is 4. The molecule has 0 aliphatic carbocycles. The first-order chi connectivity index (χ1) is 13.3. The van der Waals surface area contributed by atoms with Gasteiger partial charge >= 0.3 is 0 Å². The molecular weight excluding hydrogens is 338 g/mol. The van der Waals surface area contributed by atoms with Gasteiger partial charge in [-0.15, -0.1) is 0 Å². The minimum Gasteiger partial charge on any atom is -0.339 e. The van der Waals surface area contributed by atoms with Crippen LogP contribution in [-0.4, -0.2) is 37.4 Å². The van der Waals surface area contributed by atoms with Gasteiger partial charge in [0.05, 0.1) is 6.20 Å². The molecule has 0 amide bonds. The summed E-state index contributed by atoms with van der Waals surface area (Å²) >= 11 is 0. The molecule has 3 atom stereocenters. The van der Waals surface area contributed by atoms with Gasteiger partial charge in [0.25, 0.3) is 0 Å². The van der Waals surface area contributed by atoms with Crippen LogP contribution in [0.2, 0.25) is 0 Å². The number of hydrogen-bond donors (Lipinski definition) is 0. The zero-order valence-electron chi connectivity index (χ0n) is 15.7. The van der Waals surface area contributed by atoms with Gasteiger partial charge in [0.2, 0.25) is 5.89 Å². The molecule has 0 N–H and O–H groups in total. The number of nitrogens with zero attached hydrogens (tertiary/aromatic N) is 5. The molecule has 0 unspecified atom stereocenters. The molecule has 2 fully saturated rings. The van der Waals surface area contributed by atoms with Gasteiger partial charge in [0.1, 0.15) is 0 Å². The van der Waals surface area contributed by atoms with Crippen LogP contribution in [0.3, 0.4) is 0 Å². The van der Waals surface area contributed by atoms with E-state index in [1.165, 1.54) is 30.5 Å². The van der Waals surface area contributed by atoms with Crippen LogP contribution < -0.4 is 0 Å². The van der Waals surface area contributed by atoms with Gasteiger partial charge in [-0.1, -0.05) is 35.5 Å². The predicted molar refractivity (Wildman–Crippen MR) is 101 cm³/mol. The van der Waals surface area contributed by atoms with E-state index in [1.807, 2.05) is 24.0 Å². The van der Waals surface area contributed by atoms with Gasteiger partial charge in [0, 0.05) is 37.2 Å². The monoisotopic (exact) mass is 363 g/mol. The smallest absolute Gasteiger partial charge is 0.228 e. The van der Waals surface area contributed by atoms with Crippen LogP contribution in [0.25, 0.3) is 0 Å². The lowest BCUT2D eigenvalue weighted by molar-refractivity contribution is 0.243. The molecule has 4 heterocycles. The average molecular weight is 363 g/mol. The van der Waals surface area contributed by atoms with E-state index in [0.717, 1.165) is 25.2 Å². The molecule has 0 bridgehead atoms. The van der Waals surface area contributed by atoms with Crippen LogP contribution in [0, 0.1) is 6.92 Å². The molecular formula is C21H25N5O. The Hall–Kier alpha value is -2.47. The van der Waals surface area contributed by atoms with Crippen molar-refractivity contribution in [2.45, 2.75) is 57.2 Å². The second kappa shape index (κ2) is 6.93. The maximum Gasteiger partial charge on any atom is 0.228 e. The van der Waals surface area contributed by atoms with Crippen molar-refractivity contribution >= 4 is 0 Å². The maximum absolute atomic E-state index is 5.57. The molecule has 0 saturated carbocycles. The van der Waals surface area contributed by atoms with E-state index >= 15 is 0 Å². The van der Waals surface area contributed by atoms with Crippen LogP contribution in [0.1, 0.15) is 54.1 Å². The fourth-order valence-electron chi connectivity index (χ4n) is 4.77. The molecule has 0 radical (unpaired) electrons. The number of benzene rings is 1. The first-order valence-electron chi connectivity index (χ1n) is 9.90. The highest BCUT2D eigenvalue weighted by Crippen LogP contribution is 2.48. The molecule has 0 spiro atoms. The molecule has 27 heavy (non-hydrogen) atoms. The van der Waals surface area contributed by atoms with Crippen molar-refractivity contribution in [2.75, 3.05) is 6.54 Å². The number of rotatable bonds is 5. The molecule has 2 aliphatic heterocycles. The van der Waals surface area contributed by atoms with Gasteiger partial charge in [-0.3, -0.25) is 9.58 Å². The first kappa shape index (κ1) is 16.7. The van der Waals surface area contributed by atoms with E-state index in [4.69, 9.17) is 9.51 Å². The van der Waals surface area contributed by atoms with Crippen molar-refractivity contribution < 1.29 is 4.52 Å². The number of fused-ring (bicyclic) bond motifs is 1. The SMILES string of the molecule is Cc1cnn(CCc2nc([C@@H]3C[C@H](c4ccccc4)N4CCC[C@@H]34)no2)c1. The highest BCUT2D eigenvalue weighted by molar-refractivity contribution is 5.24. The summed E-state index contributed by atoms with van der Waals surface area (Å²) in [7, 11) is 0. The van der Waals surface area contributed by atoms with E-state index in [1.54, 1.807) is 0 Å². The highest BCUT2D eigenvalue weighted by atomic mass is 16.5. The Kier molecular flexibility index (Phi) is 4.28. The molecule has 1 aromatic carbocycles. The van der Waals surface area contributed by atoms with Crippen molar-refractivity contribution in [3.05, 3.63) is 65.6 Å². The predicted octanol–water partition coefficient (Wildman–Crippen LogP) is 3.51. The Morgan fingerprint density at radius 2 is 2.11 bits per heavy atom. The number of aryl methyl sites for hydroxylation is 3. The summed E-state index contributed by atoms with van der Waals surface area (Å²) in [6.07, 6.45) is 8.19. The van der Waals surface area contributed by atoms with Crippen LogP contribution in [0.4, 0.5) is 0 Å². The van der Waals surface area contributed by atoms with Gasteiger partial charge < -0.3 is 4.52 Å². The Morgan fingerprint density at radius 1 is 1.22 bits per heavy atom. The third-order valence-electron chi connectivity index (χ3n) is 6.00. The third kappa shape index (κ3) is 3.18. The standard InChI is InChI=1S/C21H25N5O/c1-15-13-22-25(14-15)11-9-20-23-21(24-27-20)17-12-19(16-6-3-2-4-7-16)26-10-5-8-18(17)26/h2-4,6-7,13-14,17-19H,5,8-12H2,1H3/t17-,18+,19-/m1/s1. The fourth-order valence-corrected chi connectivity index (χ4v) is 4.77. The molecule has 3 aromatic rings. The van der Waals surface area contributed by atoms with Gasteiger partial charge in [-0.05, 0) is 43.9 Å². The Bertz CT molecular complexity index is 902. The molecule has 140 valence electrons. The van der Waals surface area contributed by atoms with Gasteiger partial charge in [-0.2, -0.15) is 10.1 Å². The van der Waals surface area contributed by atoms with Crippen molar-refractivity contribution in [3.8, 4) is 0 Å². The van der Waals surface area contributed by atoms with Gasteiger partial charge in [0.15, 0.2) is 5.82 Å². The van der Waals surface area contributed by atoms with Crippen LogP contribution in [0.15, 0.2) is 47.2 Å². The molecule has 6 nitrogen and oxygen atoms in total. The Labute approximate surface area is 159 Å².